The number of carbonyl (C=O) groups excluding carboxylic acids is 1. The zero-order chi connectivity index (χ0) is 22.9. The zero-order valence-corrected chi connectivity index (χ0v) is 16.8. The second-order valence-electron chi connectivity index (χ2n) is 7.70. The molecule has 2 aromatic heterocycles. The van der Waals surface area contributed by atoms with E-state index in [-0.39, 0.29) is 24.1 Å². The number of benzene rings is 1. The maximum Gasteiger partial charge on any atom is 0.451 e. The Morgan fingerprint density at radius 2 is 1.72 bits per heavy atom. The molecule has 1 aliphatic rings. The Kier molecular flexibility index (Phi) is 5.77. The van der Waals surface area contributed by atoms with Crippen molar-refractivity contribution in [3.63, 3.8) is 0 Å². The highest BCUT2D eigenvalue weighted by Gasteiger charge is 2.35. The van der Waals surface area contributed by atoms with E-state index in [0.717, 1.165) is 0 Å². The maximum atomic E-state index is 13.1. The van der Waals surface area contributed by atoms with Gasteiger partial charge in [0, 0.05) is 31.0 Å². The van der Waals surface area contributed by atoms with Gasteiger partial charge in [-0.15, -0.1) is 0 Å². The normalized spacial score (nSPS) is 14.3. The van der Waals surface area contributed by atoms with Crippen molar-refractivity contribution in [3.8, 4) is 11.3 Å². The van der Waals surface area contributed by atoms with Crippen molar-refractivity contribution in [1.29, 1.82) is 0 Å². The van der Waals surface area contributed by atoms with Crippen LogP contribution in [0.1, 0.15) is 17.1 Å². The van der Waals surface area contributed by atoms with Gasteiger partial charge in [-0.1, -0.05) is 0 Å². The minimum Gasteiger partial charge on any atom is -0.397 e. The van der Waals surface area contributed by atoms with Gasteiger partial charge >= 0.3 is 6.18 Å². The van der Waals surface area contributed by atoms with Gasteiger partial charge in [0.05, 0.1) is 23.5 Å². The highest BCUT2D eigenvalue weighted by atomic mass is 19.4. The first kappa shape index (κ1) is 21.7. The van der Waals surface area contributed by atoms with Gasteiger partial charge in [-0.2, -0.15) is 13.2 Å². The first-order valence-electron chi connectivity index (χ1n) is 9.86. The number of pyridine rings is 1. The number of aromatic nitrogens is 3. The highest BCUT2D eigenvalue weighted by molar-refractivity contribution is 5.81. The summed E-state index contributed by atoms with van der Waals surface area (Å²) in [6.45, 7) is 0.967. The van der Waals surface area contributed by atoms with Gasteiger partial charge in [0.25, 0.3) is 0 Å². The number of nitrogen functional groups attached to an aromatic ring is 1. The average Bonchev–Trinajstić information content (AvgIpc) is 2.72. The molecule has 6 nitrogen and oxygen atoms in total. The van der Waals surface area contributed by atoms with Gasteiger partial charge in [0.2, 0.25) is 11.7 Å². The monoisotopic (exact) mass is 445 g/mol. The number of nitrogens with two attached hydrogens (primary N) is 1. The molecule has 0 atom stereocenters. The van der Waals surface area contributed by atoms with Crippen molar-refractivity contribution in [3.05, 3.63) is 71.7 Å². The highest BCUT2D eigenvalue weighted by Crippen LogP contribution is 2.27. The van der Waals surface area contributed by atoms with Crippen LogP contribution in [0.25, 0.3) is 11.3 Å². The van der Waals surface area contributed by atoms with Crippen molar-refractivity contribution in [2.75, 3.05) is 18.8 Å². The van der Waals surface area contributed by atoms with Crippen LogP contribution >= 0.6 is 0 Å². The molecule has 0 bridgehead atoms. The number of hydrogen-bond donors (Lipinski definition) is 1. The van der Waals surface area contributed by atoms with Crippen LogP contribution in [0.3, 0.4) is 0 Å². The van der Waals surface area contributed by atoms with Crippen molar-refractivity contribution < 1.29 is 22.4 Å². The zero-order valence-electron chi connectivity index (χ0n) is 16.8. The van der Waals surface area contributed by atoms with Crippen LogP contribution in [-0.4, -0.2) is 38.8 Å². The van der Waals surface area contributed by atoms with Crippen molar-refractivity contribution >= 4 is 11.6 Å². The van der Waals surface area contributed by atoms with Gasteiger partial charge in [-0.05, 0) is 54.3 Å². The van der Waals surface area contributed by atoms with Crippen LogP contribution in [0.4, 0.5) is 23.2 Å². The second kappa shape index (κ2) is 8.52. The lowest BCUT2D eigenvalue weighted by atomic mass is 9.93. The van der Waals surface area contributed by atoms with E-state index < -0.39 is 12.0 Å². The fourth-order valence-electron chi connectivity index (χ4n) is 3.53. The van der Waals surface area contributed by atoms with E-state index in [0.29, 0.717) is 47.7 Å². The van der Waals surface area contributed by atoms with Crippen LogP contribution in [0.15, 0.2) is 48.8 Å². The SMILES string of the molecule is Nc1ccc(-c2ccc(F)cc2)nc1CC(=O)N1CC(Cc2cnc(C(F)(F)F)nc2)C1. The minimum atomic E-state index is -4.57. The summed E-state index contributed by atoms with van der Waals surface area (Å²) in [5.74, 6) is -1.54. The Bertz CT molecular complexity index is 1110. The summed E-state index contributed by atoms with van der Waals surface area (Å²) in [6, 6.07) is 9.25. The molecule has 166 valence electrons. The number of halogens is 4. The van der Waals surface area contributed by atoms with Crippen molar-refractivity contribution in [2.45, 2.75) is 19.0 Å². The molecule has 1 saturated heterocycles. The van der Waals surface area contributed by atoms with Crippen LogP contribution < -0.4 is 5.73 Å². The largest absolute Gasteiger partial charge is 0.451 e. The first-order chi connectivity index (χ1) is 15.2. The summed E-state index contributed by atoms with van der Waals surface area (Å²) >= 11 is 0. The summed E-state index contributed by atoms with van der Waals surface area (Å²) < 4.78 is 50.8. The van der Waals surface area contributed by atoms with Crippen LogP contribution in [0.5, 0.6) is 0 Å². The molecule has 0 radical (unpaired) electrons. The molecule has 10 heteroatoms. The predicted octanol–water partition coefficient (Wildman–Crippen LogP) is 3.52. The van der Waals surface area contributed by atoms with E-state index in [1.807, 2.05) is 0 Å². The third-order valence-electron chi connectivity index (χ3n) is 5.26. The molecule has 0 saturated carbocycles. The van der Waals surface area contributed by atoms with Crippen molar-refractivity contribution in [1.82, 2.24) is 19.9 Å². The lowest BCUT2D eigenvalue weighted by Gasteiger charge is -2.39. The van der Waals surface area contributed by atoms with E-state index in [1.54, 1.807) is 29.2 Å². The Morgan fingerprint density at radius 3 is 2.34 bits per heavy atom. The Hall–Kier alpha value is -3.56. The van der Waals surface area contributed by atoms with E-state index in [9.17, 15) is 22.4 Å². The van der Waals surface area contributed by atoms with Gasteiger partial charge in [-0.25, -0.2) is 14.4 Å². The summed E-state index contributed by atoms with van der Waals surface area (Å²) in [5.41, 5.74) is 8.71. The Labute approximate surface area is 181 Å². The van der Waals surface area contributed by atoms with Crippen LogP contribution in [0.2, 0.25) is 0 Å². The molecular weight excluding hydrogens is 426 g/mol. The standard InChI is InChI=1S/C22H19F4N5O/c23-16-3-1-15(2-4-16)18-6-5-17(27)19(30-18)8-20(32)31-11-14(12-31)7-13-9-28-21(29-10-13)22(24,25)26/h1-6,9-10,14H,7-8,11-12,27H2. The van der Waals surface area contributed by atoms with E-state index in [1.165, 1.54) is 24.5 Å². The van der Waals surface area contributed by atoms with E-state index in [4.69, 9.17) is 5.73 Å². The molecule has 1 aromatic carbocycles. The predicted molar refractivity (Wildman–Crippen MR) is 109 cm³/mol. The Morgan fingerprint density at radius 1 is 1.06 bits per heavy atom. The fourth-order valence-corrected chi connectivity index (χ4v) is 3.53. The third-order valence-corrected chi connectivity index (χ3v) is 5.26. The summed E-state index contributed by atoms with van der Waals surface area (Å²) in [6.07, 6.45) is -1.71. The number of carbonyl (C=O) groups is 1. The van der Waals surface area contributed by atoms with Gasteiger partial charge in [0.15, 0.2) is 0 Å². The van der Waals surface area contributed by atoms with Gasteiger partial charge < -0.3 is 10.6 Å². The summed E-state index contributed by atoms with van der Waals surface area (Å²) in [5, 5.41) is 0. The fraction of sp³-hybridized carbons (Fsp3) is 0.273. The summed E-state index contributed by atoms with van der Waals surface area (Å²) in [4.78, 5) is 25.5. The molecular formula is C22H19F4N5O. The van der Waals surface area contributed by atoms with Crippen LogP contribution in [0, 0.1) is 11.7 Å². The maximum absolute atomic E-state index is 13.1. The molecule has 0 aliphatic carbocycles. The number of nitrogens with zero attached hydrogens (tertiary/aromatic N) is 4. The number of amides is 1. The van der Waals surface area contributed by atoms with Gasteiger partial charge in [0.1, 0.15) is 5.82 Å². The average molecular weight is 445 g/mol. The molecule has 0 unspecified atom stereocenters. The molecule has 32 heavy (non-hydrogen) atoms. The molecule has 1 aliphatic heterocycles. The molecule has 0 spiro atoms. The smallest absolute Gasteiger partial charge is 0.397 e. The van der Waals surface area contributed by atoms with Gasteiger partial charge in [-0.3, -0.25) is 9.78 Å². The lowest BCUT2D eigenvalue weighted by Crippen LogP contribution is -2.51. The molecule has 3 heterocycles. The number of alkyl halides is 3. The number of anilines is 1. The molecule has 2 N–H and O–H groups in total. The van der Waals surface area contributed by atoms with E-state index >= 15 is 0 Å². The van der Waals surface area contributed by atoms with E-state index in [2.05, 4.69) is 15.0 Å². The first-order valence-corrected chi connectivity index (χ1v) is 9.86. The van der Waals surface area contributed by atoms with Crippen LogP contribution in [-0.2, 0) is 23.8 Å². The number of hydrogen-bond acceptors (Lipinski definition) is 5. The summed E-state index contributed by atoms with van der Waals surface area (Å²) in [7, 11) is 0. The second-order valence-corrected chi connectivity index (χ2v) is 7.70. The van der Waals surface area contributed by atoms with Crippen molar-refractivity contribution in [2.24, 2.45) is 5.92 Å². The lowest BCUT2D eigenvalue weighted by molar-refractivity contribution is -0.145. The molecule has 3 aromatic rings. The molecule has 1 fully saturated rings. The third kappa shape index (κ3) is 4.84. The minimum absolute atomic E-state index is 0.0248. The quantitative estimate of drug-likeness (QED) is 0.608. The molecule has 1 amide bonds. The molecule has 4 rings (SSSR count). The number of rotatable bonds is 5. The topological polar surface area (TPSA) is 85.0 Å². The number of likely N-dealkylation sites (tertiary alicyclic amines) is 1. The Balaban J connectivity index is 1.34.